The Bertz CT molecular complexity index is 972. The first kappa shape index (κ1) is 25.1. The average molecular weight is 501 g/mol. The highest BCUT2D eigenvalue weighted by Crippen LogP contribution is 2.34. The monoisotopic (exact) mass is 500 g/mol. The maximum Gasteiger partial charge on any atom is 0.251 e. The Kier molecular flexibility index (Phi) is 7.30. The second-order valence-corrected chi connectivity index (χ2v) is 10.9. The van der Waals surface area contributed by atoms with Gasteiger partial charge >= 0.3 is 0 Å². The molecule has 1 aliphatic carbocycles. The highest BCUT2D eigenvalue weighted by molar-refractivity contribution is 5.99. The Morgan fingerprint density at radius 1 is 1.06 bits per heavy atom. The number of hydrogen-bond donors (Lipinski definition) is 1. The van der Waals surface area contributed by atoms with Crippen LogP contribution in [0.3, 0.4) is 0 Å². The molecule has 0 radical (unpaired) electrons. The SMILES string of the molecule is CC(C)N1CCN(c2ccc(C(=O)N[C@H](C(=O)N3C[C@H](F)[C@H]4OCC(=O)[C@H]43)C3CCCC3)cc2)CC1. The lowest BCUT2D eigenvalue weighted by Gasteiger charge is -2.38. The van der Waals surface area contributed by atoms with Gasteiger partial charge in [0.15, 0.2) is 5.78 Å². The number of ether oxygens (including phenoxy) is 1. The zero-order valence-electron chi connectivity index (χ0n) is 21.2. The number of piperazine rings is 1. The van der Waals surface area contributed by atoms with E-state index in [1.165, 1.54) is 4.90 Å². The van der Waals surface area contributed by atoms with Crippen LogP contribution in [0, 0.1) is 5.92 Å². The number of carbonyl (C=O) groups excluding carboxylic acids is 3. The van der Waals surface area contributed by atoms with Crippen molar-refractivity contribution in [3.05, 3.63) is 29.8 Å². The van der Waals surface area contributed by atoms with Crippen molar-refractivity contribution in [2.75, 3.05) is 44.2 Å². The van der Waals surface area contributed by atoms with Crippen LogP contribution in [0.1, 0.15) is 49.9 Å². The molecule has 4 aliphatic rings. The first-order valence-electron chi connectivity index (χ1n) is 13.3. The number of ketones is 1. The molecular formula is C27H37FN4O4. The molecule has 1 aromatic carbocycles. The van der Waals surface area contributed by atoms with Gasteiger partial charge in [0.25, 0.3) is 5.91 Å². The number of alkyl halides is 1. The molecule has 4 fully saturated rings. The molecule has 0 spiro atoms. The van der Waals surface area contributed by atoms with Crippen molar-refractivity contribution < 1.29 is 23.5 Å². The first-order valence-corrected chi connectivity index (χ1v) is 13.3. The van der Waals surface area contributed by atoms with Gasteiger partial charge in [0.1, 0.15) is 31.0 Å². The third-order valence-electron chi connectivity index (χ3n) is 8.37. The number of benzene rings is 1. The summed E-state index contributed by atoms with van der Waals surface area (Å²) in [5, 5.41) is 2.95. The number of nitrogens with one attached hydrogen (secondary N) is 1. The number of nitrogens with zero attached hydrogens (tertiary/aromatic N) is 3. The van der Waals surface area contributed by atoms with Crippen LogP contribution in [0.4, 0.5) is 10.1 Å². The molecule has 0 unspecified atom stereocenters. The number of anilines is 1. The summed E-state index contributed by atoms with van der Waals surface area (Å²) >= 11 is 0. The second-order valence-electron chi connectivity index (χ2n) is 10.9. The molecule has 4 atom stereocenters. The number of Topliss-reactive ketones (excluding diaryl/α,β-unsaturated/α-hetero) is 1. The van der Waals surface area contributed by atoms with E-state index in [0.717, 1.165) is 57.5 Å². The van der Waals surface area contributed by atoms with E-state index in [1.54, 1.807) is 12.1 Å². The van der Waals surface area contributed by atoms with Crippen molar-refractivity contribution >= 4 is 23.3 Å². The number of rotatable bonds is 6. The van der Waals surface area contributed by atoms with E-state index in [4.69, 9.17) is 4.74 Å². The Hall–Kier alpha value is -2.52. The van der Waals surface area contributed by atoms with Crippen molar-refractivity contribution in [2.24, 2.45) is 5.92 Å². The quantitative estimate of drug-likeness (QED) is 0.644. The topological polar surface area (TPSA) is 82.2 Å². The zero-order valence-corrected chi connectivity index (χ0v) is 21.2. The van der Waals surface area contributed by atoms with Crippen molar-refractivity contribution in [3.8, 4) is 0 Å². The normalized spacial score (nSPS) is 28.1. The summed E-state index contributed by atoms with van der Waals surface area (Å²) in [6, 6.07) is 6.39. The molecule has 196 valence electrons. The van der Waals surface area contributed by atoms with Gasteiger partial charge in [-0.05, 0) is 56.9 Å². The van der Waals surface area contributed by atoms with E-state index in [9.17, 15) is 18.8 Å². The summed E-state index contributed by atoms with van der Waals surface area (Å²) < 4.78 is 19.8. The van der Waals surface area contributed by atoms with Crippen LogP contribution in [0.5, 0.6) is 0 Å². The number of likely N-dealkylation sites (tertiary alicyclic amines) is 1. The number of halogens is 1. The van der Waals surface area contributed by atoms with Gasteiger partial charge in [0.2, 0.25) is 5.91 Å². The van der Waals surface area contributed by atoms with Crippen molar-refractivity contribution in [1.82, 2.24) is 15.1 Å². The number of carbonyl (C=O) groups is 3. The van der Waals surface area contributed by atoms with Crippen LogP contribution in [0.2, 0.25) is 0 Å². The molecular weight excluding hydrogens is 463 g/mol. The molecule has 0 aromatic heterocycles. The lowest BCUT2D eigenvalue weighted by molar-refractivity contribution is -0.139. The van der Waals surface area contributed by atoms with Crippen LogP contribution >= 0.6 is 0 Å². The van der Waals surface area contributed by atoms with E-state index in [2.05, 4.69) is 29.0 Å². The molecule has 3 aliphatic heterocycles. The second kappa shape index (κ2) is 10.5. The van der Waals surface area contributed by atoms with Gasteiger partial charge in [0, 0.05) is 43.5 Å². The molecule has 1 N–H and O–H groups in total. The molecule has 8 nitrogen and oxygen atoms in total. The Morgan fingerprint density at radius 2 is 1.72 bits per heavy atom. The Balaban J connectivity index is 1.27. The third-order valence-corrected chi connectivity index (χ3v) is 8.37. The van der Waals surface area contributed by atoms with Crippen LogP contribution in [-0.2, 0) is 14.3 Å². The van der Waals surface area contributed by atoms with E-state index in [0.29, 0.717) is 11.6 Å². The molecule has 9 heteroatoms. The van der Waals surface area contributed by atoms with Gasteiger partial charge in [-0.25, -0.2) is 4.39 Å². The molecule has 1 aromatic rings. The number of hydrogen-bond acceptors (Lipinski definition) is 6. The van der Waals surface area contributed by atoms with Crippen molar-refractivity contribution in [2.45, 2.75) is 69.9 Å². The lowest BCUT2D eigenvalue weighted by Crippen LogP contribution is -2.54. The lowest BCUT2D eigenvalue weighted by atomic mass is 9.95. The fourth-order valence-electron chi connectivity index (χ4n) is 6.22. The highest BCUT2D eigenvalue weighted by atomic mass is 19.1. The molecule has 2 amide bonds. The van der Waals surface area contributed by atoms with E-state index < -0.39 is 24.4 Å². The molecule has 3 saturated heterocycles. The van der Waals surface area contributed by atoms with Crippen LogP contribution in [-0.4, -0.2) is 97.1 Å². The number of fused-ring (bicyclic) bond motifs is 1. The summed E-state index contributed by atoms with van der Waals surface area (Å²) in [6.45, 7) is 7.99. The first-order chi connectivity index (χ1) is 17.3. The smallest absolute Gasteiger partial charge is 0.251 e. The zero-order chi connectivity index (χ0) is 25.4. The summed E-state index contributed by atoms with van der Waals surface area (Å²) in [4.78, 5) is 45.2. The van der Waals surface area contributed by atoms with E-state index >= 15 is 0 Å². The molecule has 5 rings (SSSR count). The highest BCUT2D eigenvalue weighted by Gasteiger charge is 2.54. The summed E-state index contributed by atoms with van der Waals surface area (Å²) in [7, 11) is 0. The van der Waals surface area contributed by atoms with Crippen molar-refractivity contribution in [3.63, 3.8) is 0 Å². The van der Waals surface area contributed by atoms with E-state index in [-0.39, 0.29) is 36.7 Å². The van der Waals surface area contributed by atoms with E-state index in [1.807, 2.05) is 12.1 Å². The van der Waals surface area contributed by atoms with Gasteiger partial charge < -0.3 is 19.9 Å². The largest absolute Gasteiger partial charge is 0.369 e. The molecule has 3 heterocycles. The van der Waals surface area contributed by atoms with Crippen LogP contribution in [0.25, 0.3) is 0 Å². The van der Waals surface area contributed by atoms with Gasteiger partial charge in [0.05, 0.1) is 6.54 Å². The minimum Gasteiger partial charge on any atom is -0.369 e. The maximum atomic E-state index is 14.5. The van der Waals surface area contributed by atoms with Crippen molar-refractivity contribution in [1.29, 1.82) is 0 Å². The molecule has 0 bridgehead atoms. The Morgan fingerprint density at radius 3 is 2.36 bits per heavy atom. The summed E-state index contributed by atoms with van der Waals surface area (Å²) in [5.74, 6) is -0.982. The number of amides is 2. The van der Waals surface area contributed by atoms with Gasteiger partial charge in [-0.3, -0.25) is 19.3 Å². The Labute approximate surface area is 212 Å². The predicted molar refractivity (Wildman–Crippen MR) is 134 cm³/mol. The minimum atomic E-state index is -1.39. The standard InChI is InChI=1S/C27H37FN4O4/c1-17(2)30-11-13-31(14-12-30)20-9-7-19(8-10-20)26(34)29-23(18-5-3-4-6-18)27(35)32-15-21(28)25-24(32)22(33)16-36-25/h7-10,17-18,21,23-25H,3-6,11-16H2,1-2H3,(H,29,34)/t21-,23-,24+,25+/m0/s1. The minimum absolute atomic E-state index is 0.0208. The maximum absolute atomic E-state index is 14.5. The van der Waals surface area contributed by atoms with Crippen LogP contribution < -0.4 is 10.2 Å². The fraction of sp³-hybridized carbons (Fsp3) is 0.667. The summed E-state index contributed by atoms with van der Waals surface area (Å²) in [6.07, 6.45) is 1.34. The molecule has 1 saturated carbocycles. The van der Waals surface area contributed by atoms with Gasteiger partial charge in [-0.15, -0.1) is 0 Å². The van der Waals surface area contributed by atoms with Gasteiger partial charge in [-0.2, -0.15) is 0 Å². The summed E-state index contributed by atoms with van der Waals surface area (Å²) in [5.41, 5.74) is 1.56. The predicted octanol–water partition coefficient (Wildman–Crippen LogP) is 2.02. The van der Waals surface area contributed by atoms with Gasteiger partial charge in [-0.1, -0.05) is 12.8 Å². The average Bonchev–Trinajstić information content (AvgIpc) is 3.62. The van der Waals surface area contributed by atoms with Crippen LogP contribution in [0.15, 0.2) is 24.3 Å². The third kappa shape index (κ3) is 4.87. The fourth-order valence-corrected chi connectivity index (χ4v) is 6.22. The molecule has 36 heavy (non-hydrogen) atoms.